The highest BCUT2D eigenvalue weighted by Gasteiger charge is 2.18. The van der Waals surface area contributed by atoms with Crippen LogP contribution in [-0.4, -0.2) is 34.7 Å². The van der Waals surface area contributed by atoms with Crippen molar-refractivity contribution < 1.29 is 5.11 Å². The number of β-amino-alcohol motifs (C(OH)–C–C–N with tert-alkyl or cyclic N) is 1. The van der Waals surface area contributed by atoms with Gasteiger partial charge in [-0.3, -0.25) is 9.88 Å². The quantitative estimate of drug-likeness (QED) is 0.785. The van der Waals surface area contributed by atoms with E-state index in [1.165, 1.54) is 16.8 Å². The number of rotatable bonds is 2. The fourth-order valence-corrected chi connectivity index (χ4v) is 2.31. The van der Waals surface area contributed by atoms with Crippen LogP contribution in [-0.2, 0) is 13.0 Å². The van der Waals surface area contributed by atoms with E-state index in [9.17, 15) is 0 Å². The maximum absolute atomic E-state index is 8.91. The van der Waals surface area contributed by atoms with Crippen LogP contribution in [0, 0.1) is 13.8 Å². The van der Waals surface area contributed by atoms with E-state index in [0.717, 1.165) is 31.7 Å². The van der Waals surface area contributed by atoms with E-state index in [1.54, 1.807) is 0 Å². The third-order valence-electron chi connectivity index (χ3n) is 3.03. The molecule has 0 saturated carbocycles. The summed E-state index contributed by atoms with van der Waals surface area (Å²) in [5.41, 5.74) is 5.07. The minimum atomic E-state index is 0.236. The van der Waals surface area contributed by atoms with Crippen molar-refractivity contribution in [2.75, 3.05) is 19.7 Å². The van der Waals surface area contributed by atoms with E-state index >= 15 is 0 Å². The summed E-state index contributed by atoms with van der Waals surface area (Å²) in [4.78, 5) is 6.84. The number of fused-ring (bicyclic) bond motifs is 1. The van der Waals surface area contributed by atoms with E-state index in [-0.39, 0.29) is 6.61 Å². The molecule has 0 spiro atoms. The normalized spacial score (nSPS) is 16.5. The van der Waals surface area contributed by atoms with Gasteiger partial charge in [-0.25, -0.2) is 0 Å². The van der Waals surface area contributed by atoms with Gasteiger partial charge in [-0.1, -0.05) is 0 Å². The molecule has 1 aromatic rings. The topological polar surface area (TPSA) is 36.4 Å². The van der Waals surface area contributed by atoms with E-state index < -0.39 is 0 Å². The van der Waals surface area contributed by atoms with Crippen LogP contribution in [0.5, 0.6) is 0 Å². The van der Waals surface area contributed by atoms with Crippen molar-refractivity contribution in [3.63, 3.8) is 0 Å². The molecule has 15 heavy (non-hydrogen) atoms. The number of hydrogen-bond acceptors (Lipinski definition) is 3. The van der Waals surface area contributed by atoms with E-state index in [1.807, 2.05) is 6.92 Å². The molecule has 2 rings (SSSR count). The SMILES string of the molecule is Cc1cc(C)c2c(n1)CN(CCO)CC2. The van der Waals surface area contributed by atoms with Crippen LogP contribution in [0.2, 0.25) is 0 Å². The lowest BCUT2D eigenvalue weighted by molar-refractivity contribution is 0.182. The van der Waals surface area contributed by atoms with Gasteiger partial charge >= 0.3 is 0 Å². The predicted octanol–water partition coefficient (Wildman–Crippen LogP) is 1.05. The van der Waals surface area contributed by atoms with Crippen molar-refractivity contribution in [3.8, 4) is 0 Å². The van der Waals surface area contributed by atoms with Gasteiger partial charge in [0.2, 0.25) is 0 Å². The van der Waals surface area contributed by atoms with Crippen LogP contribution >= 0.6 is 0 Å². The lowest BCUT2D eigenvalue weighted by atomic mass is 9.99. The monoisotopic (exact) mass is 206 g/mol. The Hall–Kier alpha value is -0.930. The second-order valence-corrected chi connectivity index (χ2v) is 4.26. The number of nitrogens with zero attached hydrogens (tertiary/aromatic N) is 2. The average molecular weight is 206 g/mol. The molecule has 2 heterocycles. The Morgan fingerprint density at radius 3 is 3.00 bits per heavy atom. The first kappa shape index (κ1) is 10.6. The highest BCUT2D eigenvalue weighted by atomic mass is 16.3. The van der Waals surface area contributed by atoms with Crippen LogP contribution in [0.4, 0.5) is 0 Å². The van der Waals surface area contributed by atoms with Crippen LogP contribution in [0.15, 0.2) is 6.07 Å². The van der Waals surface area contributed by atoms with E-state index in [0.29, 0.717) is 0 Å². The van der Waals surface area contributed by atoms with Crippen molar-refractivity contribution in [2.24, 2.45) is 0 Å². The molecule has 0 unspecified atom stereocenters. The van der Waals surface area contributed by atoms with Crippen LogP contribution in [0.25, 0.3) is 0 Å². The highest BCUT2D eigenvalue weighted by molar-refractivity contribution is 5.33. The molecule has 0 aliphatic carbocycles. The number of aromatic nitrogens is 1. The molecule has 0 atom stereocenters. The highest BCUT2D eigenvalue weighted by Crippen LogP contribution is 2.20. The summed E-state index contributed by atoms with van der Waals surface area (Å²) in [5.74, 6) is 0. The van der Waals surface area contributed by atoms with Crippen molar-refractivity contribution >= 4 is 0 Å². The number of hydrogen-bond donors (Lipinski definition) is 1. The lowest BCUT2D eigenvalue weighted by Crippen LogP contribution is -2.33. The van der Waals surface area contributed by atoms with Crippen LogP contribution < -0.4 is 0 Å². The van der Waals surface area contributed by atoms with Gasteiger partial charge in [0.15, 0.2) is 0 Å². The smallest absolute Gasteiger partial charge is 0.0582 e. The number of aliphatic hydroxyl groups excluding tert-OH is 1. The van der Waals surface area contributed by atoms with Crippen molar-refractivity contribution in [1.29, 1.82) is 0 Å². The number of pyridine rings is 1. The second kappa shape index (κ2) is 4.29. The first-order valence-electron chi connectivity index (χ1n) is 5.50. The molecule has 3 heteroatoms. The molecule has 0 amide bonds. The van der Waals surface area contributed by atoms with Crippen LogP contribution in [0.3, 0.4) is 0 Å². The summed E-state index contributed by atoms with van der Waals surface area (Å²) in [6, 6.07) is 2.15. The average Bonchev–Trinajstić information content (AvgIpc) is 2.17. The van der Waals surface area contributed by atoms with Gasteiger partial charge in [-0.05, 0) is 37.5 Å². The molecular weight excluding hydrogens is 188 g/mol. The zero-order chi connectivity index (χ0) is 10.8. The molecule has 1 aromatic heterocycles. The Labute approximate surface area is 90.8 Å². The zero-order valence-corrected chi connectivity index (χ0v) is 9.45. The molecule has 0 bridgehead atoms. The Bertz CT molecular complexity index is 363. The molecule has 82 valence electrons. The molecule has 1 aliphatic heterocycles. The Morgan fingerprint density at radius 1 is 1.47 bits per heavy atom. The van der Waals surface area contributed by atoms with E-state index in [2.05, 4.69) is 22.9 Å². The summed E-state index contributed by atoms with van der Waals surface area (Å²) in [5, 5.41) is 8.91. The molecule has 1 aliphatic rings. The van der Waals surface area contributed by atoms with Crippen molar-refractivity contribution in [1.82, 2.24) is 9.88 Å². The third-order valence-corrected chi connectivity index (χ3v) is 3.03. The second-order valence-electron chi connectivity index (χ2n) is 4.26. The Balaban J connectivity index is 2.25. The Morgan fingerprint density at radius 2 is 2.27 bits per heavy atom. The molecule has 1 N–H and O–H groups in total. The molecular formula is C12H18N2O. The minimum absolute atomic E-state index is 0.236. The Kier molecular flexibility index (Phi) is 3.03. The summed E-state index contributed by atoms with van der Waals surface area (Å²) < 4.78 is 0. The van der Waals surface area contributed by atoms with Gasteiger partial charge in [0.05, 0.1) is 12.3 Å². The van der Waals surface area contributed by atoms with Gasteiger partial charge < -0.3 is 5.11 Å². The summed E-state index contributed by atoms with van der Waals surface area (Å²) in [7, 11) is 0. The van der Waals surface area contributed by atoms with Gasteiger partial charge in [0.1, 0.15) is 0 Å². The molecule has 3 nitrogen and oxygen atoms in total. The van der Waals surface area contributed by atoms with Crippen molar-refractivity contribution in [3.05, 3.63) is 28.6 Å². The van der Waals surface area contributed by atoms with E-state index in [4.69, 9.17) is 5.11 Å². The molecule has 0 saturated heterocycles. The maximum Gasteiger partial charge on any atom is 0.0582 e. The number of aliphatic hydroxyl groups is 1. The lowest BCUT2D eigenvalue weighted by Gasteiger charge is -2.28. The standard InChI is InChI=1S/C12H18N2O/c1-9-7-10(2)13-12-8-14(5-6-15)4-3-11(9)12/h7,15H,3-6,8H2,1-2H3. The fraction of sp³-hybridized carbons (Fsp3) is 0.583. The van der Waals surface area contributed by atoms with Crippen molar-refractivity contribution in [2.45, 2.75) is 26.8 Å². The molecule has 0 radical (unpaired) electrons. The zero-order valence-electron chi connectivity index (χ0n) is 9.45. The van der Waals surface area contributed by atoms with Gasteiger partial charge in [0.25, 0.3) is 0 Å². The molecule has 0 aromatic carbocycles. The first-order valence-corrected chi connectivity index (χ1v) is 5.50. The van der Waals surface area contributed by atoms with Crippen LogP contribution in [0.1, 0.15) is 22.5 Å². The summed E-state index contributed by atoms with van der Waals surface area (Å²) in [6.45, 7) is 7.12. The minimum Gasteiger partial charge on any atom is -0.395 e. The number of aryl methyl sites for hydroxylation is 2. The summed E-state index contributed by atoms with van der Waals surface area (Å²) in [6.07, 6.45) is 1.06. The maximum atomic E-state index is 8.91. The van der Waals surface area contributed by atoms with Gasteiger partial charge in [-0.2, -0.15) is 0 Å². The van der Waals surface area contributed by atoms with Gasteiger partial charge in [0, 0.05) is 25.3 Å². The fourth-order valence-electron chi connectivity index (χ4n) is 2.31. The first-order chi connectivity index (χ1) is 7.20. The largest absolute Gasteiger partial charge is 0.395 e. The third kappa shape index (κ3) is 2.19. The molecule has 0 fully saturated rings. The van der Waals surface area contributed by atoms with Gasteiger partial charge in [-0.15, -0.1) is 0 Å². The predicted molar refractivity (Wildman–Crippen MR) is 59.8 cm³/mol. The summed E-state index contributed by atoms with van der Waals surface area (Å²) >= 11 is 0.